The summed E-state index contributed by atoms with van der Waals surface area (Å²) < 4.78 is 5.07. The monoisotopic (exact) mass is 433 g/mol. The molecule has 3 aromatic rings. The summed E-state index contributed by atoms with van der Waals surface area (Å²) in [6.45, 7) is 0.934. The van der Waals surface area contributed by atoms with E-state index in [1.807, 2.05) is 24.3 Å². The highest BCUT2D eigenvalue weighted by Gasteiger charge is 2.14. The molecule has 1 amide bonds. The fraction of sp³-hybridized carbons (Fsp3) is 0.333. The number of halogens is 1. The quantitative estimate of drug-likeness (QED) is 0.633. The Bertz CT molecular complexity index is 1110. The summed E-state index contributed by atoms with van der Waals surface area (Å²) in [6.07, 6.45) is 2.42. The fourth-order valence-electron chi connectivity index (χ4n) is 2.91. The molecule has 0 aliphatic rings. The van der Waals surface area contributed by atoms with Gasteiger partial charge in [-0.3, -0.25) is 18.7 Å². The number of fused-ring (bicyclic) bond motifs is 1. The third-order valence-corrected chi connectivity index (χ3v) is 4.89. The lowest BCUT2D eigenvalue weighted by Crippen LogP contribution is -2.37. The molecule has 0 aliphatic carbocycles. The summed E-state index contributed by atoms with van der Waals surface area (Å²) in [5, 5.41) is 2.88. The number of hydrogen-bond donors (Lipinski definition) is 1. The molecular weight excluding hydrogens is 414 g/mol. The molecule has 0 aliphatic heterocycles. The molecule has 0 saturated heterocycles. The number of aromatic nitrogens is 4. The van der Waals surface area contributed by atoms with Crippen LogP contribution in [0, 0.1) is 0 Å². The van der Waals surface area contributed by atoms with Crippen LogP contribution in [-0.4, -0.2) is 24.6 Å². The van der Waals surface area contributed by atoms with Crippen LogP contribution < -0.4 is 16.6 Å². The molecule has 142 valence electrons. The number of benzene rings is 1. The topological polar surface area (TPSA) is 90.9 Å². The van der Waals surface area contributed by atoms with E-state index in [-0.39, 0.29) is 11.5 Å². The molecule has 3 rings (SSSR count). The first kappa shape index (κ1) is 19.1. The predicted octanol–water partition coefficient (Wildman–Crippen LogP) is 1.29. The largest absolute Gasteiger partial charge is 0.352 e. The second kappa shape index (κ2) is 7.91. The van der Waals surface area contributed by atoms with E-state index in [9.17, 15) is 14.4 Å². The lowest BCUT2D eigenvalue weighted by atomic mass is 10.2. The van der Waals surface area contributed by atoms with Crippen molar-refractivity contribution in [2.24, 2.45) is 14.1 Å². The zero-order chi connectivity index (χ0) is 19.6. The van der Waals surface area contributed by atoms with Gasteiger partial charge < -0.3 is 9.88 Å². The minimum Gasteiger partial charge on any atom is -0.352 e. The minimum atomic E-state index is -0.412. The van der Waals surface area contributed by atoms with Crippen molar-refractivity contribution in [3.63, 3.8) is 0 Å². The van der Waals surface area contributed by atoms with Crippen LogP contribution in [0.3, 0.4) is 0 Å². The van der Waals surface area contributed by atoms with Gasteiger partial charge in [0.1, 0.15) is 0 Å². The molecule has 0 spiro atoms. The molecule has 1 N–H and O–H groups in total. The van der Waals surface area contributed by atoms with E-state index in [0.29, 0.717) is 37.1 Å². The Labute approximate surface area is 163 Å². The maximum absolute atomic E-state index is 12.4. The Kier molecular flexibility index (Phi) is 5.59. The molecular formula is C18H20BrN5O3. The molecule has 1 aromatic carbocycles. The average Bonchev–Trinajstić information content (AvgIpc) is 3.07. The van der Waals surface area contributed by atoms with Gasteiger partial charge in [-0.25, -0.2) is 9.78 Å². The number of nitrogens with one attached hydrogen (secondary N) is 1. The molecule has 9 heteroatoms. The standard InChI is InChI=1S/C18H20BrN5O3/c1-22-16-15(17(26)23(2)18(22)27)24(11-21-16)8-4-7-14(25)20-10-12-5-3-6-13(19)9-12/h3,5-6,9,11H,4,7-8,10H2,1-2H3,(H,20,25). The second-order valence-electron chi connectivity index (χ2n) is 6.33. The first-order valence-corrected chi connectivity index (χ1v) is 9.30. The number of amides is 1. The van der Waals surface area contributed by atoms with E-state index in [1.54, 1.807) is 11.6 Å². The summed E-state index contributed by atoms with van der Waals surface area (Å²) in [6, 6.07) is 7.76. The van der Waals surface area contributed by atoms with E-state index in [2.05, 4.69) is 26.2 Å². The Balaban J connectivity index is 1.61. The Morgan fingerprint density at radius 3 is 2.74 bits per heavy atom. The van der Waals surface area contributed by atoms with Gasteiger partial charge in [0.15, 0.2) is 11.2 Å². The zero-order valence-electron chi connectivity index (χ0n) is 15.1. The van der Waals surface area contributed by atoms with Crippen LogP contribution in [0.25, 0.3) is 11.2 Å². The third kappa shape index (κ3) is 4.02. The van der Waals surface area contributed by atoms with Crippen LogP contribution in [0.4, 0.5) is 0 Å². The molecule has 0 unspecified atom stereocenters. The van der Waals surface area contributed by atoms with E-state index >= 15 is 0 Å². The van der Waals surface area contributed by atoms with Crippen molar-refractivity contribution in [2.45, 2.75) is 25.9 Å². The third-order valence-electron chi connectivity index (χ3n) is 4.40. The Morgan fingerprint density at radius 1 is 1.22 bits per heavy atom. The van der Waals surface area contributed by atoms with E-state index in [0.717, 1.165) is 14.6 Å². The summed E-state index contributed by atoms with van der Waals surface area (Å²) in [4.78, 5) is 40.5. The highest BCUT2D eigenvalue weighted by atomic mass is 79.9. The first-order chi connectivity index (χ1) is 12.9. The second-order valence-corrected chi connectivity index (χ2v) is 7.24. The predicted molar refractivity (Wildman–Crippen MR) is 105 cm³/mol. The van der Waals surface area contributed by atoms with E-state index in [4.69, 9.17) is 0 Å². The summed E-state index contributed by atoms with van der Waals surface area (Å²) >= 11 is 3.40. The summed E-state index contributed by atoms with van der Waals surface area (Å²) in [5.74, 6) is -0.0558. The van der Waals surface area contributed by atoms with Crippen molar-refractivity contribution < 1.29 is 4.79 Å². The zero-order valence-corrected chi connectivity index (χ0v) is 16.7. The molecule has 0 bridgehead atoms. The normalized spacial score (nSPS) is 11.1. The maximum atomic E-state index is 12.4. The Morgan fingerprint density at radius 2 is 2.00 bits per heavy atom. The summed E-state index contributed by atoms with van der Waals surface area (Å²) in [7, 11) is 3.02. The van der Waals surface area contributed by atoms with E-state index in [1.165, 1.54) is 17.9 Å². The minimum absolute atomic E-state index is 0.0558. The molecule has 8 nitrogen and oxygen atoms in total. The van der Waals surface area contributed by atoms with Gasteiger partial charge in [0.2, 0.25) is 5.91 Å². The van der Waals surface area contributed by atoms with Gasteiger partial charge in [0.05, 0.1) is 6.33 Å². The fourth-order valence-corrected chi connectivity index (χ4v) is 3.36. The number of rotatable bonds is 6. The lowest BCUT2D eigenvalue weighted by molar-refractivity contribution is -0.121. The van der Waals surface area contributed by atoms with Crippen molar-refractivity contribution in [1.82, 2.24) is 24.0 Å². The van der Waals surface area contributed by atoms with Gasteiger partial charge in [0, 0.05) is 38.1 Å². The first-order valence-electron chi connectivity index (χ1n) is 8.50. The summed E-state index contributed by atoms with van der Waals surface area (Å²) in [5.41, 5.74) is 0.938. The van der Waals surface area contributed by atoms with Gasteiger partial charge in [0.25, 0.3) is 5.56 Å². The van der Waals surface area contributed by atoms with Gasteiger partial charge in [-0.2, -0.15) is 0 Å². The Hall–Kier alpha value is -2.68. The van der Waals surface area contributed by atoms with Crippen LogP contribution in [0.15, 0.2) is 44.7 Å². The number of hydrogen-bond acceptors (Lipinski definition) is 4. The van der Waals surface area contributed by atoms with Gasteiger partial charge in [-0.1, -0.05) is 28.1 Å². The molecule has 0 fully saturated rings. The van der Waals surface area contributed by atoms with Crippen molar-refractivity contribution in [3.05, 3.63) is 61.5 Å². The van der Waals surface area contributed by atoms with Crippen LogP contribution in [0.2, 0.25) is 0 Å². The van der Waals surface area contributed by atoms with Crippen LogP contribution in [0.1, 0.15) is 18.4 Å². The van der Waals surface area contributed by atoms with Crippen molar-refractivity contribution in [2.75, 3.05) is 0 Å². The molecule has 0 saturated carbocycles. The molecule has 2 aromatic heterocycles. The smallest absolute Gasteiger partial charge is 0.332 e. The highest BCUT2D eigenvalue weighted by Crippen LogP contribution is 2.11. The van der Waals surface area contributed by atoms with Crippen molar-refractivity contribution in [3.8, 4) is 0 Å². The van der Waals surface area contributed by atoms with Gasteiger partial charge in [-0.05, 0) is 24.1 Å². The van der Waals surface area contributed by atoms with Gasteiger partial charge >= 0.3 is 5.69 Å². The van der Waals surface area contributed by atoms with Crippen molar-refractivity contribution in [1.29, 1.82) is 0 Å². The number of imidazole rings is 1. The number of carbonyl (C=O) groups excluding carboxylic acids is 1. The molecule has 0 atom stereocenters. The lowest BCUT2D eigenvalue weighted by Gasteiger charge is -2.08. The molecule has 2 heterocycles. The number of nitrogens with zero attached hydrogens (tertiary/aromatic N) is 4. The van der Waals surface area contributed by atoms with Crippen LogP contribution in [0.5, 0.6) is 0 Å². The SMILES string of the molecule is Cn1c(=O)c2c(ncn2CCCC(=O)NCc2cccc(Br)c2)n(C)c1=O. The number of carbonyl (C=O) groups is 1. The van der Waals surface area contributed by atoms with E-state index < -0.39 is 5.69 Å². The maximum Gasteiger partial charge on any atom is 0.332 e. The number of aryl methyl sites for hydroxylation is 2. The highest BCUT2D eigenvalue weighted by molar-refractivity contribution is 9.10. The molecule has 0 radical (unpaired) electrons. The van der Waals surface area contributed by atoms with Crippen LogP contribution >= 0.6 is 15.9 Å². The molecule has 27 heavy (non-hydrogen) atoms. The van der Waals surface area contributed by atoms with Crippen LogP contribution in [-0.2, 0) is 32.0 Å². The average molecular weight is 434 g/mol. The van der Waals surface area contributed by atoms with Crippen molar-refractivity contribution >= 4 is 33.0 Å². The van der Waals surface area contributed by atoms with Gasteiger partial charge in [-0.15, -0.1) is 0 Å².